The number of carbonyl (C=O) groups is 1. The molecule has 0 radical (unpaired) electrons. The average Bonchev–Trinajstić information content (AvgIpc) is 2.89. The molecule has 4 aromatic carbocycles. The molecule has 5 nitrogen and oxygen atoms in total. The molecule has 8 heteroatoms. The van der Waals surface area contributed by atoms with Crippen LogP contribution in [0, 0.1) is 6.92 Å². The van der Waals surface area contributed by atoms with E-state index in [0.29, 0.717) is 16.4 Å². The summed E-state index contributed by atoms with van der Waals surface area (Å²) in [6.45, 7) is 1.54. The van der Waals surface area contributed by atoms with Gasteiger partial charge in [0.25, 0.3) is 10.0 Å². The number of hydrogen-bond acceptors (Lipinski definition) is 4. The van der Waals surface area contributed by atoms with Gasteiger partial charge in [0, 0.05) is 21.4 Å². The van der Waals surface area contributed by atoms with E-state index in [4.69, 9.17) is 11.6 Å². The van der Waals surface area contributed by atoms with E-state index < -0.39 is 15.9 Å². The molecule has 184 valence electrons. The van der Waals surface area contributed by atoms with Gasteiger partial charge in [-0.2, -0.15) is 0 Å². The Bertz CT molecular complexity index is 1430. The summed E-state index contributed by atoms with van der Waals surface area (Å²) in [5.41, 5.74) is 3.03. The summed E-state index contributed by atoms with van der Waals surface area (Å²) in [7, 11) is -3.98. The minimum absolute atomic E-state index is 0.101. The fourth-order valence-electron chi connectivity index (χ4n) is 3.60. The van der Waals surface area contributed by atoms with Gasteiger partial charge in [-0.3, -0.25) is 9.10 Å². The van der Waals surface area contributed by atoms with Gasteiger partial charge in [-0.25, -0.2) is 8.42 Å². The van der Waals surface area contributed by atoms with Crippen molar-refractivity contribution in [2.45, 2.75) is 22.5 Å². The number of aryl methyl sites for hydroxylation is 1. The molecule has 0 saturated carbocycles. The Morgan fingerprint density at radius 3 is 2.17 bits per heavy atom. The lowest BCUT2D eigenvalue weighted by atomic mass is 10.1. The predicted molar refractivity (Wildman–Crippen MR) is 148 cm³/mol. The maximum absolute atomic E-state index is 13.4. The number of halogens is 1. The summed E-state index contributed by atoms with van der Waals surface area (Å²) in [6.07, 6.45) is 0. The minimum atomic E-state index is -3.98. The standard InChI is InChI=1S/C28H25ClN2O3S2/c1-21-18-22(20-35-25-8-4-2-5-9-25)12-17-27(21)30-28(32)19-31(24-15-13-23(29)14-16-24)36(33,34)26-10-6-3-7-11-26/h2-18H,19-20H2,1H3,(H,30,32). The number of nitrogens with one attached hydrogen (secondary N) is 1. The van der Waals surface area contributed by atoms with Crippen LogP contribution in [0.5, 0.6) is 0 Å². The van der Waals surface area contributed by atoms with Gasteiger partial charge in [0.1, 0.15) is 6.54 Å². The molecule has 1 N–H and O–H groups in total. The van der Waals surface area contributed by atoms with Crippen LogP contribution in [0.2, 0.25) is 5.02 Å². The lowest BCUT2D eigenvalue weighted by Gasteiger charge is -2.24. The normalized spacial score (nSPS) is 11.2. The number of sulfonamides is 1. The van der Waals surface area contributed by atoms with Gasteiger partial charge in [-0.15, -0.1) is 11.8 Å². The molecular formula is C28H25ClN2O3S2. The summed E-state index contributed by atoms with van der Waals surface area (Å²) < 4.78 is 27.9. The largest absolute Gasteiger partial charge is 0.324 e. The van der Waals surface area contributed by atoms with Crippen molar-refractivity contribution in [1.29, 1.82) is 0 Å². The van der Waals surface area contributed by atoms with E-state index in [1.807, 2.05) is 43.3 Å². The van der Waals surface area contributed by atoms with Crippen LogP contribution in [0.4, 0.5) is 11.4 Å². The molecule has 0 aromatic heterocycles. The fraction of sp³-hybridized carbons (Fsp3) is 0.107. The van der Waals surface area contributed by atoms with Gasteiger partial charge in [-0.05, 0) is 72.6 Å². The quantitative estimate of drug-likeness (QED) is 0.240. The molecule has 0 atom stereocenters. The Morgan fingerprint density at radius 1 is 0.889 bits per heavy atom. The fourth-order valence-corrected chi connectivity index (χ4v) is 6.03. The van der Waals surface area contributed by atoms with Gasteiger partial charge in [0.15, 0.2) is 0 Å². The first-order valence-electron chi connectivity index (χ1n) is 11.2. The van der Waals surface area contributed by atoms with E-state index in [0.717, 1.165) is 21.2 Å². The number of benzene rings is 4. The van der Waals surface area contributed by atoms with Crippen LogP contribution < -0.4 is 9.62 Å². The maximum Gasteiger partial charge on any atom is 0.264 e. The van der Waals surface area contributed by atoms with E-state index in [9.17, 15) is 13.2 Å². The molecule has 0 aliphatic carbocycles. The highest BCUT2D eigenvalue weighted by Crippen LogP contribution is 2.27. The topological polar surface area (TPSA) is 66.5 Å². The Hall–Kier alpha value is -3.26. The monoisotopic (exact) mass is 536 g/mol. The molecule has 0 heterocycles. The molecule has 36 heavy (non-hydrogen) atoms. The maximum atomic E-state index is 13.4. The molecule has 0 aliphatic rings. The number of nitrogens with zero attached hydrogens (tertiary/aromatic N) is 1. The molecule has 0 fully saturated rings. The number of rotatable bonds is 9. The summed E-state index contributed by atoms with van der Waals surface area (Å²) in [5.74, 6) is 0.359. The first kappa shape index (κ1) is 25.8. The molecule has 0 bridgehead atoms. The second-order valence-corrected chi connectivity index (χ2v) is 11.4. The van der Waals surface area contributed by atoms with Crippen LogP contribution in [-0.4, -0.2) is 20.9 Å². The molecule has 0 saturated heterocycles. The van der Waals surface area contributed by atoms with Crippen molar-refractivity contribution in [2.24, 2.45) is 0 Å². The smallest absolute Gasteiger partial charge is 0.264 e. The third kappa shape index (κ3) is 6.49. The van der Waals surface area contributed by atoms with Crippen LogP contribution in [0.25, 0.3) is 0 Å². The van der Waals surface area contributed by atoms with Crippen molar-refractivity contribution in [1.82, 2.24) is 0 Å². The van der Waals surface area contributed by atoms with Crippen molar-refractivity contribution < 1.29 is 13.2 Å². The van der Waals surface area contributed by atoms with Crippen molar-refractivity contribution in [3.8, 4) is 0 Å². The van der Waals surface area contributed by atoms with Crippen molar-refractivity contribution >= 4 is 50.7 Å². The lowest BCUT2D eigenvalue weighted by Crippen LogP contribution is -2.38. The van der Waals surface area contributed by atoms with Gasteiger partial charge in [-0.1, -0.05) is 60.1 Å². The predicted octanol–water partition coefficient (Wildman–Crippen LogP) is 6.77. The number of amides is 1. The SMILES string of the molecule is Cc1cc(CSc2ccccc2)ccc1NC(=O)CN(c1ccc(Cl)cc1)S(=O)(=O)c1ccccc1. The Labute approximate surface area is 221 Å². The van der Waals surface area contributed by atoms with Gasteiger partial charge < -0.3 is 5.32 Å². The molecule has 1 amide bonds. The van der Waals surface area contributed by atoms with Crippen molar-refractivity contribution in [3.05, 3.63) is 119 Å². The second kappa shape index (κ2) is 11.6. The summed E-state index contributed by atoms with van der Waals surface area (Å²) in [6, 6.07) is 30.4. The third-order valence-electron chi connectivity index (χ3n) is 5.45. The third-order valence-corrected chi connectivity index (χ3v) is 8.57. The molecule has 0 spiro atoms. The van der Waals surface area contributed by atoms with Crippen molar-refractivity contribution in [3.63, 3.8) is 0 Å². The second-order valence-electron chi connectivity index (χ2n) is 8.10. The summed E-state index contributed by atoms with van der Waals surface area (Å²) in [4.78, 5) is 14.3. The van der Waals surface area contributed by atoms with Crippen LogP contribution in [0.1, 0.15) is 11.1 Å². The highest BCUT2D eigenvalue weighted by molar-refractivity contribution is 7.98. The van der Waals surface area contributed by atoms with Crippen LogP contribution in [-0.2, 0) is 20.6 Å². The molecule has 4 rings (SSSR count). The first-order valence-corrected chi connectivity index (χ1v) is 14.0. The van der Waals surface area contributed by atoms with Crippen molar-refractivity contribution in [2.75, 3.05) is 16.2 Å². The number of anilines is 2. The zero-order valence-corrected chi connectivity index (χ0v) is 22.0. The summed E-state index contributed by atoms with van der Waals surface area (Å²) >= 11 is 7.74. The molecule has 4 aromatic rings. The Morgan fingerprint density at radius 2 is 1.53 bits per heavy atom. The zero-order valence-electron chi connectivity index (χ0n) is 19.6. The number of hydrogen-bond donors (Lipinski definition) is 1. The number of carbonyl (C=O) groups excluding carboxylic acids is 1. The highest BCUT2D eigenvalue weighted by atomic mass is 35.5. The molecular weight excluding hydrogens is 512 g/mol. The van der Waals surface area contributed by atoms with E-state index in [1.165, 1.54) is 17.0 Å². The highest BCUT2D eigenvalue weighted by Gasteiger charge is 2.27. The lowest BCUT2D eigenvalue weighted by molar-refractivity contribution is -0.114. The van der Waals surface area contributed by atoms with Crippen LogP contribution >= 0.6 is 23.4 Å². The average molecular weight is 537 g/mol. The first-order chi connectivity index (χ1) is 17.3. The Balaban J connectivity index is 1.50. The zero-order chi connectivity index (χ0) is 25.5. The van der Waals surface area contributed by atoms with Crippen LogP contribution in [0.3, 0.4) is 0 Å². The van der Waals surface area contributed by atoms with E-state index >= 15 is 0 Å². The van der Waals surface area contributed by atoms with Gasteiger partial charge in [0.05, 0.1) is 10.6 Å². The van der Waals surface area contributed by atoms with Gasteiger partial charge >= 0.3 is 0 Å². The minimum Gasteiger partial charge on any atom is -0.324 e. The number of thioether (sulfide) groups is 1. The molecule has 0 aliphatic heterocycles. The van der Waals surface area contributed by atoms with E-state index in [1.54, 1.807) is 54.2 Å². The summed E-state index contributed by atoms with van der Waals surface area (Å²) in [5, 5.41) is 3.34. The van der Waals surface area contributed by atoms with Crippen LogP contribution in [0.15, 0.2) is 113 Å². The Kier molecular flexibility index (Phi) is 8.36. The van der Waals surface area contributed by atoms with Gasteiger partial charge in [0.2, 0.25) is 5.91 Å². The van der Waals surface area contributed by atoms with E-state index in [-0.39, 0.29) is 11.4 Å². The molecule has 0 unspecified atom stereocenters. The van der Waals surface area contributed by atoms with E-state index in [2.05, 4.69) is 17.4 Å².